The zero-order chi connectivity index (χ0) is 17.4. The molecule has 3 aromatic rings. The second-order valence-electron chi connectivity index (χ2n) is 5.70. The second kappa shape index (κ2) is 5.90. The zero-order valence-corrected chi connectivity index (χ0v) is 13.1. The smallest absolute Gasteiger partial charge is 0.352 e. The van der Waals surface area contributed by atoms with Crippen molar-refractivity contribution in [1.82, 2.24) is 9.78 Å². The van der Waals surface area contributed by atoms with Crippen molar-refractivity contribution in [3.05, 3.63) is 83.8 Å². The SMILES string of the molecule is O=C(O)C1=C[C@@H](c2ccccc2F)n2nc(-c3ccccc3)cc2N1. The number of hydrogen-bond acceptors (Lipinski definition) is 3. The van der Waals surface area contributed by atoms with Crippen molar-refractivity contribution in [3.63, 3.8) is 0 Å². The molecule has 0 fully saturated rings. The van der Waals surface area contributed by atoms with Crippen molar-refractivity contribution >= 4 is 11.8 Å². The summed E-state index contributed by atoms with van der Waals surface area (Å²) in [6.45, 7) is 0. The molecular formula is C19H14FN3O2. The average molecular weight is 335 g/mol. The van der Waals surface area contributed by atoms with Crippen LogP contribution >= 0.6 is 0 Å². The van der Waals surface area contributed by atoms with Gasteiger partial charge in [0.05, 0.1) is 5.69 Å². The van der Waals surface area contributed by atoms with E-state index in [9.17, 15) is 14.3 Å². The van der Waals surface area contributed by atoms with Gasteiger partial charge >= 0.3 is 5.97 Å². The van der Waals surface area contributed by atoms with E-state index in [4.69, 9.17) is 0 Å². The van der Waals surface area contributed by atoms with Gasteiger partial charge in [-0.3, -0.25) is 0 Å². The number of carboxylic acid groups (broad SMARTS) is 1. The van der Waals surface area contributed by atoms with Crippen LogP contribution in [-0.4, -0.2) is 20.9 Å². The number of allylic oxidation sites excluding steroid dienone is 1. The first-order valence-corrected chi connectivity index (χ1v) is 7.75. The van der Waals surface area contributed by atoms with Gasteiger partial charge in [0.2, 0.25) is 0 Å². The van der Waals surface area contributed by atoms with Gasteiger partial charge in [0.25, 0.3) is 0 Å². The Morgan fingerprint density at radius 2 is 1.84 bits per heavy atom. The van der Waals surface area contributed by atoms with E-state index in [0.717, 1.165) is 5.56 Å². The molecule has 1 aromatic heterocycles. The molecule has 0 amide bonds. The molecule has 2 N–H and O–H groups in total. The highest BCUT2D eigenvalue weighted by Gasteiger charge is 2.27. The predicted octanol–water partition coefficient (Wildman–Crippen LogP) is 3.67. The predicted molar refractivity (Wildman–Crippen MR) is 91.5 cm³/mol. The number of nitrogens with zero attached hydrogens (tertiary/aromatic N) is 2. The van der Waals surface area contributed by atoms with E-state index >= 15 is 0 Å². The quantitative estimate of drug-likeness (QED) is 0.766. The maximum Gasteiger partial charge on any atom is 0.352 e. The number of carboxylic acids is 1. The summed E-state index contributed by atoms with van der Waals surface area (Å²) in [4.78, 5) is 11.4. The largest absolute Gasteiger partial charge is 0.477 e. The lowest BCUT2D eigenvalue weighted by molar-refractivity contribution is -0.132. The number of nitrogens with one attached hydrogen (secondary N) is 1. The molecule has 1 atom stereocenters. The van der Waals surface area contributed by atoms with Crippen LogP contribution in [0.2, 0.25) is 0 Å². The average Bonchev–Trinajstić information content (AvgIpc) is 3.06. The first-order chi connectivity index (χ1) is 12.1. The second-order valence-corrected chi connectivity index (χ2v) is 5.70. The summed E-state index contributed by atoms with van der Waals surface area (Å²) in [5, 5.41) is 16.8. The molecule has 0 saturated heterocycles. The van der Waals surface area contributed by atoms with Crippen LogP contribution in [0.4, 0.5) is 10.2 Å². The van der Waals surface area contributed by atoms with Gasteiger partial charge in [0.15, 0.2) is 0 Å². The fraction of sp³-hybridized carbons (Fsp3) is 0.0526. The normalized spacial score (nSPS) is 15.9. The Kier molecular flexibility index (Phi) is 3.57. The molecule has 0 saturated carbocycles. The Bertz CT molecular complexity index is 979. The molecule has 5 nitrogen and oxygen atoms in total. The van der Waals surface area contributed by atoms with E-state index in [1.54, 1.807) is 28.9 Å². The minimum absolute atomic E-state index is 0.000245. The van der Waals surface area contributed by atoms with Crippen LogP contribution in [-0.2, 0) is 4.79 Å². The summed E-state index contributed by atoms with van der Waals surface area (Å²) in [7, 11) is 0. The minimum Gasteiger partial charge on any atom is -0.477 e. The molecule has 4 rings (SSSR count). The number of anilines is 1. The number of fused-ring (bicyclic) bond motifs is 1. The Morgan fingerprint density at radius 3 is 2.56 bits per heavy atom. The Hall–Kier alpha value is -3.41. The third-order valence-electron chi connectivity index (χ3n) is 4.11. The lowest BCUT2D eigenvalue weighted by Gasteiger charge is -2.23. The lowest BCUT2D eigenvalue weighted by atomic mass is 10.0. The van der Waals surface area contributed by atoms with Crippen molar-refractivity contribution in [2.75, 3.05) is 5.32 Å². The summed E-state index contributed by atoms with van der Waals surface area (Å²) in [6.07, 6.45) is 1.47. The molecule has 6 heteroatoms. The minimum atomic E-state index is -1.10. The van der Waals surface area contributed by atoms with Crippen LogP contribution in [0.25, 0.3) is 11.3 Å². The first kappa shape index (κ1) is 15.1. The van der Waals surface area contributed by atoms with Crippen LogP contribution in [0.3, 0.4) is 0 Å². The number of aromatic nitrogens is 2. The van der Waals surface area contributed by atoms with Crippen molar-refractivity contribution in [2.45, 2.75) is 6.04 Å². The molecular weight excluding hydrogens is 321 g/mol. The topological polar surface area (TPSA) is 67.1 Å². The molecule has 0 radical (unpaired) electrons. The van der Waals surface area contributed by atoms with Crippen molar-refractivity contribution in [1.29, 1.82) is 0 Å². The van der Waals surface area contributed by atoms with Crippen LogP contribution in [0, 0.1) is 5.82 Å². The monoisotopic (exact) mass is 335 g/mol. The van der Waals surface area contributed by atoms with Gasteiger partial charge in [-0.1, -0.05) is 48.5 Å². The molecule has 124 valence electrons. The number of halogens is 1. The Labute approximate surface area is 143 Å². The summed E-state index contributed by atoms with van der Waals surface area (Å²) in [5.41, 5.74) is 1.95. The highest BCUT2D eigenvalue weighted by atomic mass is 19.1. The van der Waals surface area contributed by atoms with Gasteiger partial charge in [-0.05, 0) is 12.1 Å². The van der Waals surface area contributed by atoms with Crippen LogP contribution < -0.4 is 5.32 Å². The number of aliphatic carboxylic acids is 1. The van der Waals surface area contributed by atoms with E-state index in [1.165, 1.54) is 12.1 Å². The fourth-order valence-electron chi connectivity index (χ4n) is 2.92. The first-order valence-electron chi connectivity index (χ1n) is 7.75. The molecule has 0 spiro atoms. The Balaban J connectivity index is 1.86. The fourth-order valence-corrected chi connectivity index (χ4v) is 2.92. The van der Waals surface area contributed by atoms with E-state index < -0.39 is 17.8 Å². The standard InChI is InChI=1S/C19H14FN3O2/c20-14-9-5-4-8-13(14)17-10-16(19(24)25)21-18-11-15(22-23(17)18)12-6-2-1-3-7-12/h1-11,17,21H,(H,24,25)/t17-/m0/s1. The van der Waals surface area contributed by atoms with Gasteiger partial charge in [-0.2, -0.15) is 5.10 Å². The van der Waals surface area contributed by atoms with Gasteiger partial charge in [-0.15, -0.1) is 0 Å². The van der Waals surface area contributed by atoms with Gasteiger partial charge < -0.3 is 10.4 Å². The maximum absolute atomic E-state index is 14.3. The number of carbonyl (C=O) groups is 1. The van der Waals surface area contributed by atoms with E-state index in [1.807, 2.05) is 30.3 Å². The third kappa shape index (κ3) is 2.67. The van der Waals surface area contributed by atoms with Crippen molar-refractivity contribution in [2.24, 2.45) is 0 Å². The van der Waals surface area contributed by atoms with Gasteiger partial charge in [0.1, 0.15) is 23.4 Å². The maximum atomic E-state index is 14.3. The van der Waals surface area contributed by atoms with Crippen LogP contribution in [0.5, 0.6) is 0 Å². The van der Waals surface area contributed by atoms with E-state index in [0.29, 0.717) is 17.1 Å². The molecule has 1 aliphatic heterocycles. The third-order valence-corrected chi connectivity index (χ3v) is 4.11. The summed E-state index contributed by atoms with van der Waals surface area (Å²) >= 11 is 0. The van der Waals surface area contributed by atoms with Crippen LogP contribution in [0.15, 0.2) is 72.4 Å². The molecule has 0 aliphatic carbocycles. The molecule has 0 bridgehead atoms. The van der Waals surface area contributed by atoms with E-state index in [2.05, 4.69) is 10.4 Å². The Morgan fingerprint density at radius 1 is 1.12 bits per heavy atom. The number of benzene rings is 2. The summed E-state index contributed by atoms with van der Waals surface area (Å²) < 4.78 is 15.9. The molecule has 0 unspecified atom stereocenters. The van der Waals surface area contributed by atoms with Gasteiger partial charge in [-0.25, -0.2) is 13.9 Å². The summed E-state index contributed by atoms with van der Waals surface area (Å²) in [5.74, 6) is -1.000. The van der Waals surface area contributed by atoms with Crippen LogP contribution in [0.1, 0.15) is 11.6 Å². The molecule has 2 heterocycles. The zero-order valence-electron chi connectivity index (χ0n) is 13.1. The van der Waals surface area contributed by atoms with E-state index in [-0.39, 0.29) is 5.70 Å². The molecule has 25 heavy (non-hydrogen) atoms. The number of hydrogen-bond donors (Lipinski definition) is 2. The lowest BCUT2D eigenvalue weighted by Crippen LogP contribution is -2.24. The highest BCUT2D eigenvalue weighted by Crippen LogP contribution is 2.34. The van der Waals surface area contributed by atoms with Gasteiger partial charge in [0, 0.05) is 17.2 Å². The number of rotatable bonds is 3. The molecule has 2 aromatic carbocycles. The van der Waals surface area contributed by atoms with Crippen molar-refractivity contribution < 1.29 is 14.3 Å². The van der Waals surface area contributed by atoms with Crippen molar-refractivity contribution in [3.8, 4) is 11.3 Å². The highest BCUT2D eigenvalue weighted by molar-refractivity contribution is 5.91. The molecule has 1 aliphatic rings. The summed E-state index contributed by atoms with van der Waals surface area (Å²) in [6, 6.07) is 17.0.